The van der Waals surface area contributed by atoms with Gasteiger partial charge in [-0.25, -0.2) is 11.5 Å². The zero-order valence-corrected chi connectivity index (χ0v) is 39.3. The van der Waals surface area contributed by atoms with Crippen LogP contribution in [0.4, 0.5) is 0 Å². The van der Waals surface area contributed by atoms with E-state index < -0.39 is 26.6 Å². The van der Waals surface area contributed by atoms with Gasteiger partial charge in [0.15, 0.2) is 31.3 Å². The van der Waals surface area contributed by atoms with E-state index in [2.05, 4.69) is 67.3 Å². The van der Waals surface area contributed by atoms with Crippen LogP contribution in [-0.4, -0.2) is 114 Å². The Morgan fingerprint density at radius 2 is 1.46 bits per heavy atom. The molecule has 3 aliphatic rings. The van der Waals surface area contributed by atoms with Gasteiger partial charge in [-0.2, -0.15) is 0 Å². The highest BCUT2D eigenvalue weighted by Crippen LogP contribution is 2.54. The Labute approximate surface area is 364 Å². The number of methoxy groups -OCH3 is 4. The monoisotopic (exact) mass is 856 g/mol. The van der Waals surface area contributed by atoms with Crippen LogP contribution in [0.25, 0.3) is 10.9 Å². The number of phenolic OH excluding ortho intramolecular Hbond substituents is 2. The van der Waals surface area contributed by atoms with Gasteiger partial charge in [0.2, 0.25) is 0 Å². The van der Waals surface area contributed by atoms with Crippen molar-refractivity contribution >= 4 is 14.4 Å². The zero-order valence-electron chi connectivity index (χ0n) is 38.3. The normalized spacial score (nSPS) is 22.8. The summed E-state index contributed by atoms with van der Waals surface area (Å²) in [5.41, 5.74) is 6.49. The minimum atomic E-state index is -1.92. The van der Waals surface area contributed by atoms with Gasteiger partial charge in [-0.1, -0.05) is 70.2 Å². The van der Waals surface area contributed by atoms with Crippen molar-refractivity contribution in [3.05, 3.63) is 86.8 Å². The van der Waals surface area contributed by atoms with E-state index >= 15 is 0 Å². The lowest BCUT2D eigenvalue weighted by Crippen LogP contribution is -2.60. The van der Waals surface area contributed by atoms with Crippen LogP contribution in [0.2, 0.25) is 17.6 Å². The maximum Gasteiger partial charge on any atom is 0.295 e. The minimum absolute atomic E-state index is 0.0555. The van der Waals surface area contributed by atoms with Crippen LogP contribution in [0.5, 0.6) is 34.5 Å². The molecule has 3 aromatic carbocycles. The number of ether oxygens (including phenoxy) is 5. The summed E-state index contributed by atoms with van der Waals surface area (Å²) in [7, 11) is 6.54. The van der Waals surface area contributed by atoms with Gasteiger partial charge in [0.05, 0.1) is 53.2 Å². The number of phenols is 2. The fourth-order valence-corrected chi connectivity index (χ4v) is 12.7. The van der Waals surface area contributed by atoms with Crippen LogP contribution in [0, 0.1) is 20.4 Å². The van der Waals surface area contributed by atoms with Crippen LogP contribution >= 0.6 is 0 Å². The molecule has 6 rings (SSSR count). The molecule has 3 heterocycles. The number of morpholine rings is 1. The Bertz CT molecular complexity index is 2080. The summed E-state index contributed by atoms with van der Waals surface area (Å²) < 4.78 is 36.9. The molecule has 3 N–H and O–H groups in total. The summed E-state index contributed by atoms with van der Waals surface area (Å²) in [6, 6.07) is 8.43. The molecule has 3 aromatic rings. The first kappa shape index (κ1) is 46.2. The highest BCUT2D eigenvalue weighted by atomic mass is 28.4. The van der Waals surface area contributed by atoms with Crippen molar-refractivity contribution < 1.29 is 38.3 Å². The molecule has 6 atom stereocenters. The summed E-state index contributed by atoms with van der Waals surface area (Å²) in [5, 5.41) is 28.1. The number of rotatable bonds is 15. The number of nitrogens with one attached hydrogen (secondary N) is 1. The van der Waals surface area contributed by atoms with Crippen molar-refractivity contribution in [1.29, 1.82) is 0 Å². The standard InChI is InChI=1S/C48H68N4O8Si/c1-28(2)61(13,29(3)4)60-23-21-33-27-52(22-24-59-33)48(49-7)38-26-35-40(43(54)47(58-12)31(6)45(35)56-10)41(51(38)8)37-25-34-39(42(53)46(57-11)30(5)44(34)55-9)36(50-37)20-19-32-17-15-14-16-18-32/h14-20,28-29,33,36-38,41,48,50,53-54H,21-27H2,1-6,8-13H3/b20-19+/t33-,36-,37?,38?,41?,48?/m0/s1. The second kappa shape index (κ2) is 19.4. The summed E-state index contributed by atoms with van der Waals surface area (Å²) in [6.07, 6.45) is 5.17. The Morgan fingerprint density at radius 3 is 2.02 bits per heavy atom. The number of nitrogens with zero attached hydrogens (tertiary/aromatic N) is 3. The zero-order chi connectivity index (χ0) is 44.3. The number of fused-ring (bicyclic) bond motifs is 2. The van der Waals surface area contributed by atoms with Crippen molar-refractivity contribution in [1.82, 2.24) is 15.1 Å². The van der Waals surface area contributed by atoms with Gasteiger partial charge in [-0.05, 0) is 56.9 Å². The predicted octanol–water partition coefficient (Wildman–Crippen LogP) is 8.36. The fourth-order valence-electron chi connectivity index (χ4n) is 10.2. The van der Waals surface area contributed by atoms with Gasteiger partial charge in [0.1, 0.15) is 17.5 Å². The van der Waals surface area contributed by atoms with Crippen LogP contribution < -0.4 is 24.3 Å². The lowest BCUT2D eigenvalue weighted by atomic mass is 9.77. The molecule has 0 bridgehead atoms. The quantitative estimate of drug-likeness (QED) is 0.101. The van der Waals surface area contributed by atoms with Crippen molar-refractivity contribution in [2.75, 3.05) is 61.8 Å². The molecule has 13 heteroatoms. The maximum absolute atomic E-state index is 12.3. The van der Waals surface area contributed by atoms with Crippen molar-refractivity contribution in [3.63, 3.8) is 0 Å². The third kappa shape index (κ3) is 8.72. The van der Waals surface area contributed by atoms with Gasteiger partial charge >= 0.3 is 0 Å². The van der Waals surface area contributed by atoms with E-state index in [1.54, 1.807) is 28.4 Å². The van der Waals surface area contributed by atoms with E-state index in [4.69, 9.17) is 34.7 Å². The van der Waals surface area contributed by atoms with Crippen LogP contribution in [0.3, 0.4) is 0 Å². The average molecular weight is 857 g/mol. The second-order valence-corrected chi connectivity index (χ2v) is 22.6. The van der Waals surface area contributed by atoms with Crippen LogP contribution in [-0.2, 0) is 22.0 Å². The van der Waals surface area contributed by atoms with E-state index in [9.17, 15) is 10.2 Å². The summed E-state index contributed by atoms with van der Waals surface area (Å²) in [4.78, 5) is 8.92. The molecule has 0 saturated carbocycles. The Kier molecular flexibility index (Phi) is 14.7. The molecule has 3 aliphatic heterocycles. The fraction of sp³-hybridized carbons (Fsp3) is 0.562. The Balaban J connectivity index is 1.43. The molecule has 12 nitrogen and oxygen atoms in total. The lowest BCUT2D eigenvalue weighted by molar-refractivity contribution is -0.0599. The highest BCUT2D eigenvalue weighted by molar-refractivity contribution is 6.75. The van der Waals surface area contributed by atoms with E-state index in [0.717, 1.165) is 23.1 Å². The van der Waals surface area contributed by atoms with Crippen LogP contribution in [0.15, 0.2) is 36.4 Å². The topological polar surface area (TPSA) is 119 Å². The third-order valence-corrected chi connectivity index (χ3v) is 19.4. The van der Waals surface area contributed by atoms with E-state index in [1.807, 2.05) is 50.3 Å². The molecule has 0 spiro atoms. The molecule has 332 valence electrons. The third-order valence-electron chi connectivity index (χ3n) is 13.9. The molecule has 61 heavy (non-hydrogen) atoms. The number of hydrogen-bond acceptors (Lipinski definition) is 11. The van der Waals surface area contributed by atoms with Gasteiger partial charge in [-0.15, -0.1) is 0 Å². The maximum atomic E-state index is 12.3. The molecule has 0 aromatic heterocycles. The Morgan fingerprint density at radius 1 is 0.885 bits per heavy atom. The summed E-state index contributed by atoms with van der Waals surface area (Å²) in [6.45, 7) is 26.4. The number of hydrogen-bond donors (Lipinski definition) is 3. The first-order chi connectivity index (χ1) is 29.2. The smallest absolute Gasteiger partial charge is 0.295 e. The van der Waals surface area contributed by atoms with Gasteiger partial charge in [0, 0.05) is 65.5 Å². The lowest BCUT2D eigenvalue weighted by Gasteiger charge is -2.49. The molecular weight excluding hydrogens is 789 g/mol. The van der Waals surface area contributed by atoms with E-state index in [1.165, 1.54) is 0 Å². The largest absolute Gasteiger partial charge is 0.504 e. The minimum Gasteiger partial charge on any atom is -0.504 e. The van der Waals surface area contributed by atoms with E-state index in [-0.39, 0.29) is 29.7 Å². The molecule has 1 fully saturated rings. The molecule has 0 radical (unpaired) electrons. The first-order valence-corrected chi connectivity index (χ1v) is 24.2. The van der Waals surface area contributed by atoms with Crippen molar-refractivity contribution in [3.8, 4) is 34.5 Å². The average Bonchev–Trinajstić information content (AvgIpc) is 3.24. The van der Waals surface area contributed by atoms with Crippen LogP contribution in [0.1, 0.15) is 85.1 Å². The van der Waals surface area contributed by atoms with Gasteiger partial charge in [0.25, 0.3) is 6.17 Å². The first-order valence-electron chi connectivity index (χ1n) is 21.7. The molecule has 1 saturated heterocycles. The highest BCUT2D eigenvalue weighted by Gasteiger charge is 2.50. The molecule has 0 amide bonds. The van der Waals surface area contributed by atoms with Crippen molar-refractivity contribution in [2.24, 2.45) is 0 Å². The number of benzene rings is 3. The van der Waals surface area contributed by atoms with Gasteiger partial charge in [-0.3, -0.25) is 9.74 Å². The van der Waals surface area contributed by atoms with E-state index in [0.29, 0.717) is 95.5 Å². The molecule has 0 aliphatic carbocycles. The molecule has 4 unspecified atom stereocenters. The number of likely N-dealkylation sites (N-methyl/N-ethyl adjacent to an activating group) is 1. The van der Waals surface area contributed by atoms with Gasteiger partial charge < -0.3 is 43.6 Å². The van der Waals surface area contributed by atoms with Crippen molar-refractivity contribution in [2.45, 2.75) is 115 Å². The second-order valence-electron chi connectivity index (χ2n) is 17.6. The summed E-state index contributed by atoms with van der Waals surface area (Å²) >= 11 is 0. The SMILES string of the molecule is [C-]#[N+]C(C1Cc2c(OC)c(C)c(OC)c(O)c2C(C2Cc3c(OC)c(C)c(OC)c(O)c3[C@H](/C=C/c3ccccc3)N2)N1C)N1CCO[C@@H](CCO[Si](C)(C(C)C)C(C)C)C1. The number of aromatic hydroxyl groups is 2. The Hall–Kier alpha value is -4.29. The predicted molar refractivity (Wildman–Crippen MR) is 243 cm³/mol. The molecular formula is C48H68N4O8Si. The summed E-state index contributed by atoms with van der Waals surface area (Å²) in [5.74, 6) is 2.11.